The van der Waals surface area contributed by atoms with Gasteiger partial charge in [-0.05, 0) is 23.1 Å². The van der Waals surface area contributed by atoms with Gasteiger partial charge in [-0.3, -0.25) is 4.79 Å². The van der Waals surface area contributed by atoms with Gasteiger partial charge in [-0.2, -0.15) is 10.5 Å². The highest BCUT2D eigenvalue weighted by Crippen LogP contribution is 2.18. The van der Waals surface area contributed by atoms with Crippen molar-refractivity contribution in [3.63, 3.8) is 0 Å². The quantitative estimate of drug-likeness (QED) is 0.833. The van der Waals surface area contributed by atoms with E-state index >= 15 is 0 Å². The normalized spacial score (nSPS) is 9.29. The van der Waals surface area contributed by atoms with Crippen molar-refractivity contribution >= 4 is 5.97 Å². The van der Waals surface area contributed by atoms with Gasteiger partial charge in [0, 0.05) is 6.42 Å². The first kappa shape index (κ1) is 12.7. The molecule has 4 heteroatoms. The molecular formula is C13H12N2O2. The molecule has 0 atom stereocenters. The van der Waals surface area contributed by atoms with Crippen molar-refractivity contribution in [3.05, 3.63) is 34.9 Å². The Labute approximate surface area is 99.7 Å². The molecule has 86 valence electrons. The van der Waals surface area contributed by atoms with Gasteiger partial charge in [0.05, 0.1) is 25.0 Å². The lowest BCUT2D eigenvalue weighted by atomic mass is 9.94. The molecule has 0 aliphatic heterocycles. The number of nitriles is 2. The molecule has 0 aromatic heterocycles. The predicted octanol–water partition coefficient (Wildman–Crippen LogP) is 1.84. The largest absolute Gasteiger partial charge is 0.481 e. The summed E-state index contributed by atoms with van der Waals surface area (Å²) in [5.41, 5.74) is 2.35. The molecule has 0 aliphatic carbocycles. The van der Waals surface area contributed by atoms with Crippen molar-refractivity contribution in [1.29, 1.82) is 10.5 Å². The summed E-state index contributed by atoms with van der Waals surface area (Å²) < 4.78 is 0. The van der Waals surface area contributed by atoms with Crippen LogP contribution in [0.25, 0.3) is 0 Å². The van der Waals surface area contributed by atoms with E-state index in [0.717, 1.165) is 11.1 Å². The van der Waals surface area contributed by atoms with Crippen LogP contribution in [0.5, 0.6) is 0 Å². The number of aliphatic carboxylic acids is 1. The van der Waals surface area contributed by atoms with E-state index in [2.05, 4.69) is 6.07 Å². The van der Waals surface area contributed by atoms with Crippen LogP contribution in [0.4, 0.5) is 0 Å². The molecule has 1 aromatic carbocycles. The molecule has 0 bridgehead atoms. The summed E-state index contributed by atoms with van der Waals surface area (Å²) in [6, 6.07) is 9.38. The first-order valence-corrected chi connectivity index (χ1v) is 5.24. The zero-order valence-corrected chi connectivity index (χ0v) is 9.31. The minimum absolute atomic E-state index is 0.0694. The summed E-state index contributed by atoms with van der Waals surface area (Å²) >= 11 is 0. The number of benzene rings is 1. The molecule has 4 nitrogen and oxygen atoms in total. The standard InChI is InChI=1S/C13H12N2O2/c14-7-2-5-12-10(6-8-15)3-1-4-11(12)9-13(16)17/h1,3-4H,2,5-6,9H2,(H,16,17). The summed E-state index contributed by atoms with van der Waals surface area (Å²) in [7, 11) is 0. The van der Waals surface area contributed by atoms with Gasteiger partial charge < -0.3 is 5.11 Å². The lowest BCUT2D eigenvalue weighted by Gasteiger charge is -2.10. The molecule has 0 saturated carbocycles. The topological polar surface area (TPSA) is 84.9 Å². The Hall–Kier alpha value is -2.33. The van der Waals surface area contributed by atoms with Gasteiger partial charge >= 0.3 is 5.97 Å². The van der Waals surface area contributed by atoms with Crippen LogP contribution in [0.15, 0.2) is 18.2 Å². The van der Waals surface area contributed by atoms with E-state index < -0.39 is 5.97 Å². The van der Waals surface area contributed by atoms with E-state index in [1.165, 1.54) is 0 Å². The van der Waals surface area contributed by atoms with Crippen molar-refractivity contribution in [3.8, 4) is 12.1 Å². The van der Waals surface area contributed by atoms with E-state index in [4.69, 9.17) is 15.6 Å². The smallest absolute Gasteiger partial charge is 0.307 e. The molecule has 0 fully saturated rings. The fourth-order valence-corrected chi connectivity index (χ4v) is 1.77. The van der Waals surface area contributed by atoms with Crippen molar-refractivity contribution in [2.24, 2.45) is 0 Å². The third kappa shape index (κ3) is 3.62. The molecule has 0 radical (unpaired) electrons. The van der Waals surface area contributed by atoms with Crippen LogP contribution in [0, 0.1) is 22.7 Å². The molecule has 0 unspecified atom stereocenters. The monoisotopic (exact) mass is 228 g/mol. The van der Waals surface area contributed by atoms with E-state index in [-0.39, 0.29) is 12.8 Å². The molecule has 17 heavy (non-hydrogen) atoms. The van der Waals surface area contributed by atoms with E-state index in [9.17, 15) is 4.79 Å². The van der Waals surface area contributed by atoms with Crippen molar-refractivity contribution in [1.82, 2.24) is 0 Å². The highest BCUT2D eigenvalue weighted by atomic mass is 16.4. The number of nitrogens with zero attached hydrogens (tertiary/aromatic N) is 2. The number of hydrogen-bond donors (Lipinski definition) is 1. The summed E-state index contributed by atoms with van der Waals surface area (Å²) in [6.07, 6.45) is 1.00. The Kier molecular flexibility index (Phi) is 4.72. The third-order valence-corrected chi connectivity index (χ3v) is 2.47. The fraction of sp³-hybridized carbons (Fsp3) is 0.308. The Balaban J connectivity index is 3.10. The number of hydrogen-bond acceptors (Lipinski definition) is 3. The molecule has 1 aromatic rings. The minimum Gasteiger partial charge on any atom is -0.481 e. The Morgan fingerprint density at radius 2 is 1.94 bits per heavy atom. The van der Waals surface area contributed by atoms with Gasteiger partial charge in [0.1, 0.15) is 0 Å². The second-order valence-electron chi connectivity index (χ2n) is 3.62. The van der Waals surface area contributed by atoms with Gasteiger partial charge in [0.2, 0.25) is 0 Å². The summed E-state index contributed by atoms with van der Waals surface area (Å²) in [5.74, 6) is -0.905. The second kappa shape index (κ2) is 6.30. The number of carbonyl (C=O) groups is 1. The average molecular weight is 228 g/mol. The van der Waals surface area contributed by atoms with Crippen molar-refractivity contribution in [2.75, 3.05) is 0 Å². The number of carboxylic acids is 1. The molecule has 0 aliphatic rings. The van der Waals surface area contributed by atoms with Gasteiger partial charge in [-0.1, -0.05) is 18.2 Å². The van der Waals surface area contributed by atoms with Crippen molar-refractivity contribution in [2.45, 2.75) is 25.7 Å². The average Bonchev–Trinajstić information content (AvgIpc) is 2.28. The van der Waals surface area contributed by atoms with Crippen LogP contribution in [0.2, 0.25) is 0 Å². The maximum Gasteiger partial charge on any atom is 0.307 e. The third-order valence-electron chi connectivity index (χ3n) is 2.47. The maximum atomic E-state index is 10.7. The van der Waals surface area contributed by atoms with Crippen molar-refractivity contribution < 1.29 is 9.90 Å². The fourth-order valence-electron chi connectivity index (χ4n) is 1.77. The highest BCUT2D eigenvalue weighted by molar-refractivity contribution is 5.71. The minimum atomic E-state index is -0.905. The first-order chi connectivity index (χ1) is 8.19. The van der Waals surface area contributed by atoms with E-state index in [1.807, 2.05) is 6.07 Å². The number of carboxylic acid groups (broad SMARTS) is 1. The Morgan fingerprint density at radius 3 is 2.53 bits per heavy atom. The van der Waals surface area contributed by atoms with Gasteiger partial charge in [0.25, 0.3) is 0 Å². The van der Waals surface area contributed by atoms with Crippen LogP contribution >= 0.6 is 0 Å². The molecule has 0 saturated heterocycles. The molecule has 0 heterocycles. The van der Waals surface area contributed by atoms with Crippen LogP contribution in [-0.2, 0) is 24.1 Å². The zero-order chi connectivity index (χ0) is 12.7. The lowest BCUT2D eigenvalue weighted by molar-refractivity contribution is -0.136. The second-order valence-corrected chi connectivity index (χ2v) is 3.62. The molecular weight excluding hydrogens is 216 g/mol. The van der Waals surface area contributed by atoms with Crippen LogP contribution < -0.4 is 0 Å². The van der Waals surface area contributed by atoms with Gasteiger partial charge in [0.15, 0.2) is 0 Å². The molecule has 0 spiro atoms. The van der Waals surface area contributed by atoms with Gasteiger partial charge in [-0.15, -0.1) is 0 Å². The van der Waals surface area contributed by atoms with Crippen LogP contribution in [0.3, 0.4) is 0 Å². The molecule has 1 rings (SSSR count). The van der Waals surface area contributed by atoms with Crippen LogP contribution in [0.1, 0.15) is 23.1 Å². The number of rotatable bonds is 5. The summed E-state index contributed by atoms with van der Waals surface area (Å²) in [5, 5.41) is 26.1. The van der Waals surface area contributed by atoms with E-state index in [1.54, 1.807) is 18.2 Å². The van der Waals surface area contributed by atoms with Gasteiger partial charge in [-0.25, -0.2) is 0 Å². The SMILES string of the molecule is N#CCCc1c(CC#N)cccc1CC(=O)O. The predicted molar refractivity (Wildman–Crippen MR) is 61.0 cm³/mol. The van der Waals surface area contributed by atoms with E-state index in [0.29, 0.717) is 18.4 Å². The van der Waals surface area contributed by atoms with Crippen LogP contribution in [-0.4, -0.2) is 11.1 Å². The zero-order valence-electron chi connectivity index (χ0n) is 9.31. The molecule has 0 amide bonds. The summed E-state index contributed by atoms with van der Waals surface area (Å²) in [4.78, 5) is 10.7. The summed E-state index contributed by atoms with van der Waals surface area (Å²) in [6.45, 7) is 0. The molecule has 1 N–H and O–H groups in total. The first-order valence-electron chi connectivity index (χ1n) is 5.24. The Bertz CT molecular complexity index is 495. The maximum absolute atomic E-state index is 10.7. The highest BCUT2D eigenvalue weighted by Gasteiger charge is 2.10. The Morgan fingerprint density at radius 1 is 1.24 bits per heavy atom. The lowest BCUT2D eigenvalue weighted by Crippen LogP contribution is -2.06.